The standard InChI is InChI=1S/C26H40O4/c1-4-24(29)30-17(2)6-5-13-26-15-12-21-20(22(26)9-10-23(26)28)8-7-18-16-19(27)11-14-25(18,21)3/h16-17,20-23,28H,4-15H2,1-3H3/t17?,20-,21-,22+,23?,25+,26+/m1/s1. The van der Waals surface area contributed by atoms with E-state index in [1.165, 1.54) is 18.4 Å². The van der Waals surface area contributed by atoms with E-state index in [9.17, 15) is 14.7 Å². The highest BCUT2D eigenvalue weighted by Gasteiger charge is 2.60. The number of hydrogen-bond acceptors (Lipinski definition) is 4. The van der Waals surface area contributed by atoms with Gasteiger partial charge in [-0.1, -0.05) is 19.4 Å². The second-order valence-corrected chi connectivity index (χ2v) is 10.9. The molecule has 0 aliphatic heterocycles. The fraction of sp³-hybridized carbons (Fsp3) is 0.846. The van der Waals surface area contributed by atoms with Crippen LogP contribution in [0.25, 0.3) is 0 Å². The highest BCUT2D eigenvalue weighted by molar-refractivity contribution is 5.91. The number of fused-ring (bicyclic) bond motifs is 5. The molecule has 4 nitrogen and oxygen atoms in total. The molecule has 30 heavy (non-hydrogen) atoms. The molecule has 0 aromatic rings. The van der Waals surface area contributed by atoms with Crippen LogP contribution in [0.1, 0.15) is 97.8 Å². The summed E-state index contributed by atoms with van der Waals surface area (Å²) in [6.45, 7) is 6.24. The first-order chi connectivity index (χ1) is 14.3. The summed E-state index contributed by atoms with van der Waals surface area (Å²) >= 11 is 0. The lowest BCUT2D eigenvalue weighted by Crippen LogP contribution is -2.52. The van der Waals surface area contributed by atoms with Crippen molar-refractivity contribution in [1.82, 2.24) is 0 Å². The average Bonchev–Trinajstić information content (AvgIpc) is 3.05. The maximum absolute atomic E-state index is 12.0. The first-order valence-corrected chi connectivity index (χ1v) is 12.4. The monoisotopic (exact) mass is 416 g/mol. The van der Waals surface area contributed by atoms with E-state index in [1.54, 1.807) is 0 Å². The summed E-state index contributed by atoms with van der Waals surface area (Å²) in [5, 5.41) is 11.1. The Morgan fingerprint density at radius 2 is 2.00 bits per heavy atom. The molecule has 0 heterocycles. The quantitative estimate of drug-likeness (QED) is 0.591. The zero-order valence-electron chi connectivity index (χ0n) is 19.1. The third-order valence-corrected chi connectivity index (χ3v) is 9.51. The number of hydrogen-bond donors (Lipinski definition) is 1. The van der Waals surface area contributed by atoms with Gasteiger partial charge < -0.3 is 9.84 Å². The van der Waals surface area contributed by atoms with Gasteiger partial charge in [0.25, 0.3) is 0 Å². The Morgan fingerprint density at radius 1 is 1.20 bits per heavy atom. The van der Waals surface area contributed by atoms with Crippen LogP contribution in [0.2, 0.25) is 0 Å². The van der Waals surface area contributed by atoms with Gasteiger partial charge in [-0.15, -0.1) is 0 Å². The lowest BCUT2D eigenvalue weighted by molar-refractivity contribution is -0.148. The Labute approximate surface area is 181 Å². The van der Waals surface area contributed by atoms with E-state index in [2.05, 4.69) is 6.92 Å². The predicted molar refractivity (Wildman–Crippen MR) is 117 cm³/mol. The maximum atomic E-state index is 12.0. The van der Waals surface area contributed by atoms with Crippen molar-refractivity contribution < 1.29 is 19.4 Å². The molecule has 0 spiro atoms. The van der Waals surface area contributed by atoms with Gasteiger partial charge in [0, 0.05) is 12.8 Å². The van der Waals surface area contributed by atoms with Crippen molar-refractivity contribution in [3.8, 4) is 0 Å². The molecule has 4 aliphatic rings. The van der Waals surface area contributed by atoms with Crippen molar-refractivity contribution in [2.45, 2.75) is 110 Å². The van der Waals surface area contributed by atoms with E-state index < -0.39 is 0 Å². The molecule has 2 unspecified atom stereocenters. The largest absolute Gasteiger partial charge is 0.463 e. The molecule has 168 valence electrons. The van der Waals surface area contributed by atoms with Crippen LogP contribution in [-0.4, -0.2) is 29.1 Å². The second-order valence-electron chi connectivity index (χ2n) is 10.9. The van der Waals surface area contributed by atoms with Crippen molar-refractivity contribution in [1.29, 1.82) is 0 Å². The molecule has 3 saturated carbocycles. The van der Waals surface area contributed by atoms with Crippen molar-refractivity contribution in [3.63, 3.8) is 0 Å². The number of ether oxygens (including phenoxy) is 1. The van der Waals surface area contributed by atoms with Gasteiger partial charge in [0.1, 0.15) is 0 Å². The van der Waals surface area contributed by atoms with E-state index in [1.807, 2.05) is 19.9 Å². The molecule has 0 aromatic carbocycles. The molecule has 0 radical (unpaired) electrons. The smallest absolute Gasteiger partial charge is 0.305 e. The number of aliphatic hydroxyl groups is 1. The van der Waals surface area contributed by atoms with Gasteiger partial charge in [-0.3, -0.25) is 9.59 Å². The zero-order valence-corrected chi connectivity index (χ0v) is 19.1. The summed E-state index contributed by atoms with van der Waals surface area (Å²) in [5.41, 5.74) is 1.66. The molecule has 0 saturated heterocycles. The molecule has 4 heteroatoms. The number of ketones is 1. The lowest BCUT2D eigenvalue weighted by Gasteiger charge is -2.58. The molecule has 4 aliphatic carbocycles. The number of carbonyl (C=O) groups is 2. The van der Waals surface area contributed by atoms with E-state index >= 15 is 0 Å². The van der Waals surface area contributed by atoms with Crippen molar-refractivity contribution in [3.05, 3.63) is 11.6 Å². The van der Waals surface area contributed by atoms with Crippen LogP contribution in [0.4, 0.5) is 0 Å². The van der Waals surface area contributed by atoms with Gasteiger partial charge in [0.15, 0.2) is 5.78 Å². The van der Waals surface area contributed by atoms with Crippen molar-refractivity contribution in [2.75, 3.05) is 0 Å². The lowest BCUT2D eigenvalue weighted by atomic mass is 9.46. The summed E-state index contributed by atoms with van der Waals surface area (Å²) in [4.78, 5) is 23.6. The van der Waals surface area contributed by atoms with E-state index in [0.717, 1.165) is 51.4 Å². The maximum Gasteiger partial charge on any atom is 0.305 e. The van der Waals surface area contributed by atoms with Crippen LogP contribution in [0.15, 0.2) is 11.6 Å². The molecule has 0 aromatic heterocycles. The summed E-state index contributed by atoms with van der Waals surface area (Å²) < 4.78 is 5.46. The van der Waals surface area contributed by atoms with Crippen LogP contribution in [-0.2, 0) is 14.3 Å². The first kappa shape index (κ1) is 22.0. The SMILES string of the molecule is CCC(=O)OC(C)CCC[C@]12CC[C@@H]3[C@@H](CCC4=CC(=O)CC[C@@]43C)[C@@H]1CCC2O. The highest BCUT2D eigenvalue weighted by atomic mass is 16.5. The van der Waals surface area contributed by atoms with Crippen LogP contribution >= 0.6 is 0 Å². The third kappa shape index (κ3) is 3.67. The van der Waals surface area contributed by atoms with Crippen molar-refractivity contribution >= 4 is 11.8 Å². The Kier molecular flexibility index (Phi) is 6.18. The van der Waals surface area contributed by atoms with Crippen molar-refractivity contribution in [2.24, 2.45) is 28.6 Å². The summed E-state index contributed by atoms with van der Waals surface area (Å²) in [5.74, 6) is 2.15. The number of carbonyl (C=O) groups excluding carboxylic acids is 2. The molecule has 4 rings (SSSR count). The fourth-order valence-corrected chi connectivity index (χ4v) is 7.90. The molecular weight excluding hydrogens is 376 g/mol. The van der Waals surface area contributed by atoms with Gasteiger partial charge >= 0.3 is 5.97 Å². The minimum atomic E-state index is -0.186. The number of aliphatic hydroxyl groups excluding tert-OH is 1. The van der Waals surface area contributed by atoms with E-state index in [-0.39, 0.29) is 29.0 Å². The predicted octanol–water partition coefficient (Wildman–Crippen LogP) is 5.37. The Morgan fingerprint density at radius 3 is 2.77 bits per heavy atom. The summed E-state index contributed by atoms with van der Waals surface area (Å²) in [6, 6.07) is 0. The van der Waals surface area contributed by atoms with Crippen LogP contribution in [0, 0.1) is 28.6 Å². The zero-order chi connectivity index (χ0) is 21.5. The number of allylic oxidation sites excluding steroid dienone is 1. The second kappa shape index (κ2) is 8.41. The normalized spacial score (nSPS) is 41.3. The number of rotatable bonds is 6. The molecule has 7 atom stereocenters. The molecule has 0 bridgehead atoms. The van der Waals surface area contributed by atoms with Crippen LogP contribution in [0.3, 0.4) is 0 Å². The van der Waals surface area contributed by atoms with Gasteiger partial charge in [-0.05, 0) is 106 Å². The van der Waals surface area contributed by atoms with Gasteiger partial charge in [0.2, 0.25) is 0 Å². The first-order valence-electron chi connectivity index (χ1n) is 12.4. The fourth-order valence-electron chi connectivity index (χ4n) is 7.90. The van der Waals surface area contributed by atoms with Gasteiger partial charge in [-0.2, -0.15) is 0 Å². The van der Waals surface area contributed by atoms with E-state index in [0.29, 0.717) is 36.4 Å². The molecule has 0 amide bonds. The molecule has 3 fully saturated rings. The topological polar surface area (TPSA) is 63.6 Å². The van der Waals surface area contributed by atoms with E-state index in [4.69, 9.17) is 4.74 Å². The van der Waals surface area contributed by atoms with Crippen LogP contribution < -0.4 is 0 Å². The van der Waals surface area contributed by atoms with Crippen LogP contribution in [0.5, 0.6) is 0 Å². The molecule has 1 N–H and O–H groups in total. The summed E-state index contributed by atoms with van der Waals surface area (Å²) in [6.07, 6.45) is 13.5. The van der Waals surface area contributed by atoms with Gasteiger partial charge in [-0.25, -0.2) is 0 Å². The minimum Gasteiger partial charge on any atom is -0.463 e. The minimum absolute atomic E-state index is 0.0387. The average molecular weight is 417 g/mol. The summed E-state index contributed by atoms with van der Waals surface area (Å²) in [7, 11) is 0. The Balaban J connectivity index is 1.46. The Bertz CT molecular complexity index is 712. The van der Waals surface area contributed by atoms with Gasteiger partial charge in [0.05, 0.1) is 12.2 Å². The Hall–Kier alpha value is -1.16. The number of esters is 1. The highest BCUT2D eigenvalue weighted by Crippen LogP contribution is 2.66. The third-order valence-electron chi connectivity index (χ3n) is 9.51. The molecular formula is C26H40O4.